The van der Waals surface area contributed by atoms with Crippen molar-refractivity contribution in [3.8, 4) is 11.4 Å². The molecule has 2 aromatic rings. The lowest BCUT2D eigenvalue weighted by atomic mass is 10.0. The van der Waals surface area contributed by atoms with E-state index in [1.165, 1.54) is 12.2 Å². The molecule has 10 heteroatoms. The Hall–Kier alpha value is -2.46. The molecule has 1 saturated heterocycles. The first-order valence-corrected chi connectivity index (χ1v) is 8.81. The van der Waals surface area contributed by atoms with Crippen molar-refractivity contribution in [1.29, 1.82) is 0 Å². The van der Waals surface area contributed by atoms with Gasteiger partial charge in [-0.1, -0.05) is 29.4 Å². The van der Waals surface area contributed by atoms with Crippen LogP contribution in [0.25, 0.3) is 11.4 Å². The van der Waals surface area contributed by atoms with E-state index in [4.69, 9.17) is 9.57 Å². The number of halogens is 3. The molecule has 0 aliphatic carbocycles. The van der Waals surface area contributed by atoms with Crippen LogP contribution in [-0.4, -0.2) is 40.9 Å². The zero-order valence-corrected chi connectivity index (χ0v) is 15.4. The molecule has 0 N–H and O–H groups in total. The van der Waals surface area contributed by atoms with Gasteiger partial charge in [-0.05, 0) is 31.7 Å². The molecule has 0 radical (unpaired) electrons. The summed E-state index contributed by atoms with van der Waals surface area (Å²) in [7, 11) is 1.41. The van der Waals surface area contributed by atoms with E-state index in [1.54, 1.807) is 31.2 Å². The lowest BCUT2D eigenvalue weighted by Gasteiger charge is -2.31. The first kappa shape index (κ1) is 20.3. The molecule has 0 spiro atoms. The molecular weight excluding hydrogens is 379 g/mol. The average Bonchev–Trinajstić information content (AvgIpc) is 3.20. The number of benzene rings is 1. The summed E-state index contributed by atoms with van der Waals surface area (Å²) >= 11 is 0. The molecular formula is C18H20F3N3O4. The molecule has 2 unspecified atom stereocenters. The summed E-state index contributed by atoms with van der Waals surface area (Å²) in [5.74, 6) is -1.82. The first-order valence-electron chi connectivity index (χ1n) is 8.81. The van der Waals surface area contributed by atoms with Gasteiger partial charge in [0.1, 0.15) is 6.10 Å². The van der Waals surface area contributed by atoms with Crippen LogP contribution < -0.4 is 0 Å². The lowest BCUT2D eigenvalue weighted by molar-refractivity contribution is -0.201. The molecule has 3 rings (SSSR count). The number of amides is 1. The molecule has 1 aliphatic rings. The largest absolute Gasteiger partial charge is 0.471 e. The zero-order chi connectivity index (χ0) is 20.3. The first-order chi connectivity index (χ1) is 13.3. The van der Waals surface area contributed by atoms with Gasteiger partial charge in [0, 0.05) is 12.2 Å². The summed E-state index contributed by atoms with van der Waals surface area (Å²) < 4.78 is 47.5. The molecule has 1 fully saturated rings. The van der Waals surface area contributed by atoms with Crippen LogP contribution in [0.2, 0.25) is 0 Å². The van der Waals surface area contributed by atoms with E-state index < -0.39 is 24.2 Å². The molecule has 7 nitrogen and oxygen atoms in total. The number of carbonyl (C=O) groups excluding carboxylic acids is 1. The Morgan fingerprint density at radius 2 is 2.00 bits per heavy atom. The van der Waals surface area contributed by atoms with Crippen molar-refractivity contribution in [1.82, 2.24) is 15.2 Å². The maximum atomic E-state index is 12.7. The Bertz CT molecular complexity index is 801. The van der Waals surface area contributed by atoms with Gasteiger partial charge in [0.05, 0.1) is 13.2 Å². The summed E-state index contributed by atoms with van der Waals surface area (Å²) in [4.78, 5) is 21.3. The molecule has 1 aliphatic heterocycles. The van der Waals surface area contributed by atoms with Crippen molar-refractivity contribution in [2.24, 2.45) is 0 Å². The van der Waals surface area contributed by atoms with Crippen LogP contribution >= 0.6 is 0 Å². The minimum atomic E-state index is -4.69. The van der Waals surface area contributed by atoms with Gasteiger partial charge in [-0.15, -0.1) is 0 Å². The van der Waals surface area contributed by atoms with Crippen LogP contribution in [0.5, 0.6) is 0 Å². The highest BCUT2D eigenvalue weighted by molar-refractivity contribution is 5.80. The topological polar surface area (TPSA) is 77.7 Å². The highest BCUT2D eigenvalue weighted by atomic mass is 19.4. The third kappa shape index (κ3) is 4.33. The number of alkyl halides is 3. The fourth-order valence-corrected chi connectivity index (χ4v) is 3.02. The number of hydroxylamine groups is 2. The molecule has 1 amide bonds. The molecule has 2 atom stereocenters. The third-order valence-electron chi connectivity index (χ3n) is 4.54. The molecule has 2 heterocycles. The van der Waals surface area contributed by atoms with Crippen LogP contribution in [0.15, 0.2) is 28.8 Å². The van der Waals surface area contributed by atoms with Crippen LogP contribution in [0.4, 0.5) is 13.2 Å². The number of aromatic nitrogens is 2. The van der Waals surface area contributed by atoms with E-state index in [-0.39, 0.29) is 11.7 Å². The second kappa shape index (κ2) is 8.27. The van der Waals surface area contributed by atoms with Crippen molar-refractivity contribution in [3.05, 3.63) is 35.7 Å². The number of hydrogen-bond acceptors (Lipinski definition) is 6. The Labute approximate surface area is 159 Å². The van der Waals surface area contributed by atoms with Crippen molar-refractivity contribution >= 4 is 5.91 Å². The second-order valence-corrected chi connectivity index (χ2v) is 6.42. The van der Waals surface area contributed by atoms with Gasteiger partial charge >= 0.3 is 12.1 Å². The van der Waals surface area contributed by atoms with Gasteiger partial charge < -0.3 is 9.26 Å². The van der Waals surface area contributed by atoms with Crippen molar-refractivity contribution in [2.45, 2.75) is 44.5 Å². The van der Waals surface area contributed by atoms with Crippen LogP contribution in [0.1, 0.15) is 43.7 Å². The Kier molecular flexibility index (Phi) is 5.99. The predicted molar refractivity (Wildman–Crippen MR) is 90.6 cm³/mol. The molecule has 0 saturated carbocycles. The number of ether oxygens (including phenoxy) is 1. The minimum absolute atomic E-state index is 0.165. The Morgan fingerprint density at radius 1 is 1.29 bits per heavy atom. The van der Waals surface area contributed by atoms with Crippen molar-refractivity contribution in [2.75, 3.05) is 13.7 Å². The molecule has 28 heavy (non-hydrogen) atoms. The summed E-state index contributed by atoms with van der Waals surface area (Å²) in [5.41, 5.74) is 1.09. The van der Waals surface area contributed by atoms with Crippen molar-refractivity contribution in [3.63, 3.8) is 0 Å². The Balaban J connectivity index is 1.74. The summed E-state index contributed by atoms with van der Waals surface area (Å²) in [6, 6.07) is 6.04. The fraction of sp³-hybridized carbons (Fsp3) is 0.500. The summed E-state index contributed by atoms with van der Waals surface area (Å²) in [6.45, 7) is 2.33. The second-order valence-electron chi connectivity index (χ2n) is 6.42. The van der Waals surface area contributed by atoms with Crippen LogP contribution in [0.3, 0.4) is 0 Å². The van der Waals surface area contributed by atoms with Gasteiger partial charge in [0.15, 0.2) is 0 Å². The number of hydrogen-bond donors (Lipinski definition) is 0. The standard InChI is InChI=1S/C18H20F3N3O4/c1-11(24(26-2)16(25)14-5-3-4-10-27-14)12-6-8-13(9-7-12)15-22-17(28-23-15)18(19,20)21/h6-9,11,14H,3-5,10H2,1-2H3. The summed E-state index contributed by atoms with van der Waals surface area (Å²) in [6.07, 6.45) is -2.73. The van der Waals surface area contributed by atoms with E-state index >= 15 is 0 Å². The number of carbonyl (C=O) groups is 1. The molecule has 1 aromatic heterocycles. The third-order valence-corrected chi connectivity index (χ3v) is 4.54. The van der Waals surface area contributed by atoms with Gasteiger partial charge in [0.25, 0.3) is 5.91 Å². The zero-order valence-electron chi connectivity index (χ0n) is 15.4. The van der Waals surface area contributed by atoms with Gasteiger partial charge in [-0.3, -0.25) is 9.63 Å². The average molecular weight is 399 g/mol. The van der Waals surface area contributed by atoms with Gasteiger partial charge in [-0.25, -0.2) is 5.06 Å². The van der Waals surface area contributed by atoms with Gasteiger partial charge in [-0.2, -0.15) is 18.2 Å². The smallest absolute Gasteiger partial charge is 0.368 e. The molecule has 0 bridgehead atoms. The van der Waals surface area contributed by atoms with E-state index in [9.17, 15) is 18.0 Å². The van der Waals surface area contributed by atoms with E-state index in [2.05, 4.69) is 14.7 Å². The molecule has 152 valence electrons. The van der Waals surface area contributed by atoms with E-state index in [0.717, 1.165) is 18.4 Å². The SMILES string of the molecule is CON(C(=O)C1CCCCO1)C(C)c1ccc(-c2noc(C(F)(F)F)n2)cc1. The van der Waals surface area contributed by atoms with Crippen LogP contribution in [-0.2, 0) is 20.5 Å². The predicted octanol–water partition coefficient (Wildman–Crippen LogP) is 3.78. The molecule has 1 aromatic carbocycles. The monoisotopic (exact) mass is 399 g/mol. The minimum Gasteiger partial charge on any atom is -0.368 e. The maximum absolute atomic E-state index is 12.7. The summed E-state index contributed by atoms with van der Waals surface area (Å²) in [5, 5.41) is 4.61. The number of rotatable bonds is 5. The quantitative estimate of drug-likeness (QED) is 0.713. The highest BCUT2D eigenvalue weighted by Crippen LogP contribution is 2.30. The van der Waals surface area contributed by atoms with E-state index in [0.29, 0.717) is 18.6 Å². The highest BCUT2D eigenvalue weighted by Gasteiger charge is 2.38. The lowest BCUT2D eigenvalue weighted by Crippen LogP contribution is -2.42. The van der Waals surface area contributed by atoms with Crippen molar-refractivity contribution < 1.29 is 32.1 Å². The normalized spacial score (nSPS) is 18.7. The fourth-order valence-electron chi connectivity index (χ4n) is 3.02. The van der Waals surface area contributed by atoms with Gasteiger partial charge in [0.2, 0.25) is 5.82 Å². The maximum Gasteiger partial charge on any atom is 0.471 e. The van der Waals surface area contributed by atoms with E-state index in [1.807, 2.05) is 0 Å². The number of nitrogens with zero attached hydrogens (tertiary/aromatic N) is 3. The van der Waals surface area contributed by atoms with Crippen LogP contribution in [0, 0.1) is 0 Å². The Morgan fingerprint density at radius 3 is 2.54 bits per heavy atom.